The second-order valence-electron chi connectivity index (χ2n) is 3.41. The van der Waals surface area contributed by atoms with Crippen molar-refractivity contribution in [3.8, 4) is 0 Å². The first-order valence-electron chi connectivity index (χ1n) is 4.86. The predicted octanol–water partition coefficient (Wildman–Crippen LogP) is -1.22. The summed E-state index contributed by atoms with van der Waals surface area (Å²) in [5, 5.41) is 7.27. The average Bonchev–Trinajstić information content (AvgIpc) is 2.23. The van der Waals surface area contributed by atoms with Crippen LogP contribution in [-0.2, 0) is 10.0 Å². The van der Waals surface area contributed by atoms with Crippen LogP contribution >= 0.6 is 0 Å². The Kier molecular flexibility index (Phi) is 4.41. The minimum absolute atomic E-state index is 0.133. The van der Waals surface area contributed by atoms with Crippen molar-refractivity contribution < 1.29 is 13.2 Å². The number of aromatic nitrogens is 1. The Morgan fingerprint density at radius 2 is 2.12 bits per heavy atom. The standard InChI is InChI=1S/C9H13N3O4S/c10-17(15,16)6-2-5-11-9(14)7-3-1-4-8(13)12-7/h1,3-4H,2,5-6H2,(H,11,14)(H,12,13)(H2,10,15,16). The SMILES string of the molecule is NS(=O)(=O)CCCNC(=O)c1cccc(=O)[nH]1. The number of pyridine rings is 1. The molecule has 0 saturated heterocycles. The number of sulfonamides is 1. The number of rotatable bonds is 5. The minimum atomic E-state index is -3.50. The van der Waals surface area contributed by atoms with Crippen molar-refractivity contribution >= 4 is 15.9 Å². The van der Waals surface area contributed by atoms with Crippen LogP contribution in [0.4, 0.5) is 0 Å². The zero-order valence-electron chi connectivity index (χ0n) is 8.97. The maximum Gasteiger partial charge on any atom is 0.267 e. The lowest BCUT2D eigenvalue weighted by Gasteiger charge is -2.03. The van der Waals surface area contributed by atoms with Gasteiger partial charge in [0.2, 0.25) is 15.6 Å². The van der Waals surface area contributed by atoms with Gasteiger partial charge in [0.1, 0.15) is 5.69 Å². The number of hydrogen-bond donors (Lipinski definition) is 3. The summed E-state index contributed by atoms with van der Waals surface area (Å²) in [6.45, 7) is 0.173. The van der Waals surface area contributed by atoms with Gasteiger partial charge < -0.3 is 10.3 Å². The molecular weight excluding hydrogens is 246 g/mol. The summed E-state index contributed by atoms with van der Waals surface area (Å²) in [7, 11) is -3.50. The third kappa shape index (κ3) is 5.27. The largest absolute Gasteiger partial charge is 0.351 e. The van der Waals surface area contributed by atoms with Gasteiger partial charge in [0, 0.05) is 12.6 Å². The topological polar surface area (TPSA) is 122 Å². The van der Waals surface area contributed by atoms with Crippen molar-refractivity contribution in [3.63, 3.8) is 0 Å². The van der Waals surface area contributed by atoms with Crippen LogP contribution in [0.3, 0.4) is 0 Å². The van der Waals surface area contributed by atoms with Crippen molar-refractivity contribution in [2.75, 3.05) is 12.3 Å². The molecule has 7 nitrogen and oxygen atoms in total. The predicted molar refractivity (Wildman–Crippen MR) is 62.0 cm³/mol. The Hall–Kier alpha value is -1.67. The molecule has 4 N–H and O–H groups in total. The number of nitrogens with one attached hydrogen (secondary N) is 2. The molecule has 0 aliphatic heterocycles. The quantitative estimate of drug-likeness (QED) is 0.574. The van der Waals surface area contributed by atoms with E-state index in [2.05, 4.69) is 10.3 Å². The van der Waals surface area contributed by atoms with Gasteiger partial charge in [0.25, 0.3) is 5.91 Å². The summed E-state index contributed by atoms with van der Waals surface area (Å²) in [6, 6.07) is 4.20. The lowest BCUT2D eigenvalue weighted by atomic mass is 10.3. The van der Waals surface area contributed by atoms with Crippen LogP contribution in [0.1, 0.15) is 16.9 Å². The summed E-state index contributed by atoms with van der Waals surface area (Å²) in [5.74, 6) is -0.657. The van der Waals surface area contributed by atoms with E-state index in [4.69, 9.17) is 5.14 Å². The molecule has 8 heteroatoms. The van der Waals surface area contributed by atoms with Gasteiger partial charge in [-0.25, -0.2) is 13.6 Å². The molecule has 1 rings (SSSR count). The van der Waals surface area contributed by atoms with E-state index in [0.29, 0.717) is 0 Å². The van der Waals surface area contributed by atoms with Crippen LogP contribution in [0, 0.1) is 0 Å². The van der Waals surface area contributed by atoms with Crippen LogP contribution in [0.15, 0.2) is 23.0 Å². The zero-order chi connectivity index (χ0) is 12.9. The van der Waals surface area contributed by atoms with Crippen molar-refractivity contribution in [2.45, 2.75) is 6.42 Å². The van der Waals surface area contributed by atoms with Crippen LogP contribution in [-0.4, -0.2) is 31.6 Å². The molecule has 0 atom stereocenters. The molecule has 0 aromatic carbocycles. The summed E-state index contributed by atoms with van der Waals surface area (Å²) in [5.41, 5.74) is -0.240. The summed E-state index contributed by atoms with van der Waals surface area (Å²) in [4.78, 5) is 24.7. The van der Waals surface area contributed by atoms with Crippen molar-refractivity contribution in [1.82, 2.24) is 10.3 Å². The van der Waals surface area contributed by atoms with Crippen LogP contribution in [0.25, 0.3) is 0 Å². The number of H-pyrrole nitrogens is 1. The van der Waals surface area contributed by atoms with E-state index in [0.717, 1.165) is 0 Å². The first-order valence-corrected chi connectivity index (χ1v) is 6.58. The fourth-order valence-electron chi connectivity index (χ4n) is 1.15. The molecule has 1 aromatic heterocycles. The first kappa shape index (κ1) is 13.4. The highest BCUT2D eigenvalue weighted by Crippen LogP contribution is 1.90. The highest BCUT2D eigenvalue weighted by atomic mass is 32.2. The van der Waals surface area contributed by atoms with E-state index < -0.39 is 15.9 Å². The Balaban J connectivity index is 2.43. The van der Waals surface area contributed by atoms with E-state index >= 15 is 0 Å². The molecular formula is C9H13N3O4S. The van der Waals surface area contributed by atoms with Gasteiger partial charge in [-0.2, -0.15) is 0 Å². The number of carbonyl (C=O) groups excluding carboxylic acids is 1. The fourth-order valence-corrected chi connectivity index (χ4v) is 1.70. The van der Waals surface area contributed by atoms with Crippen molar-refractivity contribution in [2.24, 2.45) is 5.14 Å². The van der Waals surface area contributed by atoms with Crippen molar-refractivity contribution in [3.05, 3.63) is 34.2 Å². The van der Waals surface area contributed by atoms with Crippen LogP contribution in [0.2, 0.25) is 0 Å². The molecule has 0 bridgehead atoms. The normalized spacial score (nSPS) is 11.1. The van der Waals surface area contributed by atoms with E-state index in [9.17, 15) is 18.0 Å². The van der Waals surface area contributed by atoms with Crippen LogP contribution in [0.5, 0.6) is 0 Å². The van der Waals surface area contributed by atoms with Gasteiger partial charge in [0.15, 0.2) is 0 Å². The molecule has 0 spiro atoms. The summed E-state index contributed by atoms with van der Waals surface area (Å²) >= 11 is 0. The van der Waals surface area contributed by atoms with Gasteiger partial charge in [-0.15, -0.1) is 0 Å². The van der Waals surface area contributed by atoms with Gasteiger partial charge in [-0.1, -0.05) is 6.07 Å². The highest BCUT2D eigenvalue weighted by Gasteiger charge is 2.06. The minimum Gasteiger partial charge on any atom is -0.351 e. The number of hydrogen-bond acceptors (Lipinski definition) is 4. The Morgan fingerprint density at radius 3 is 2.71 bits per heavy atom. The first-order chi connectivity index (χ1) is 7.88. The smallest absolute Gasteiger partial charge is 0.267 e. The highest BCUT2D eigenvalue weighted by molar-refractivity contribution is 7.89. The van der Waals surface area contributed by atoms with Gasteiger partial charge in [-0.05, 0) is 12.5 Å². The fraction of sp³-hybridized carbons (Fsp3) is 0.333. The van der Waals surface area contributed by atoms with E-state index in [-0.39, 0.29) is 30.0 Å². The molecule has 1 heterocycles. The maximum atomic E-state index is 11.5. The second kappa shape index (κ2) is 5.60. The Labute approximate surface area is 98.1 Å². The van der Waals surface area contributed by atoms with E-state index in [1.165, 1.54) is 18.2 Å². The molecule has 0 aliphatic carbocycles. The summed E-state index contributed by atoms with van der Waals surface area (Å²) < 4.78 is 21.2. The van der Waals surface area contributed by atoms with E-state index in [1.54, 1.807) is 0 Å². The second-order valence-corrected chi connectivity index (χ2v) is 5.14. The molecule has 0 unspecified atom stereocenters. The molecule has 0 radical (unpaired) electrons. The van der Waals surface area contributed by atoms with Gasteiger partial charge in [-0.3, -0.25) is 9.59 Å². The maximum absolute atomic E-state index is 11.5. The molecule has 17 heavy (non-hydrogen) atoms. The molecule has 0 saturated carbocycles. The lowest BCUT2D eigenvalue weighted by Crippen LogP contribution is -2.29. The zero-order valence-corrected chi connectivity index (χ0v) is 9.79. The average molecular weight is 259 g/mol. The van der Waals surface area contributed by atoms with Gasteiger partial charge >= 0.3 is 0 Å². The number of aromatic amines is 1. The molecule has 0 fully saturated rings. The molecule has 1 amide bonds. The summed E-state index contributed by atoms with van der Waals surface area (Å²) in [6.07, 6.45) is 0.224. The van der Waals surface area contributed by atoms with Crippen LogP contribution < -0.4 is 16.0 Å². The number of nitrogens with two attached hydrogens (primary N) is 1. The number of amides is 1. The number of primary sulfonamides is 1. The molecule has 1 aromatic rings. The molecule has 0 aliphatic rings. The monoisotopic (exact) mass is 259 g/mol. The lowest BCUT2D eigenvalue weighted by molar-refractivity contribution is 0.0948. The molecule has 94 valence electrons. The Bertz CT molecular complexity index is 549. The van der Waals surface area contributed by atoms with Crippen molar-refractivity contribution in [1.29, 1.82) is 0 Å². The Morgan fingerprint density at radius 1 is 1.41 bits per heavy atom. The van der Waals surface area contributed by atoms with Gasteiger partial charge in [0.05, 0.1) is 5.75 Å². The third-order valence-electron chi connectivity index (χ3n) is 1.90. The third-order valence-corrected chi connectivity index (χ3v) is 2.76. The van der Waals surface area contributed by atoms with E-state index in [1.807, 2.05) is 0 Å². The number of carbonyl (C=O) groups is 1.